The number of nitrogens with one attached hydrogen (secondary N) is 3. The molecule has 1 heterocycles. The monoisotopic (exact) mass is 533 g/mol. The van der Waals surface area contributed by atoms with Gasteiger partial charge in [-0.05, 0) is 6.42 Å². The molecule has 1 aliphatic rings. The first-order valence-corrected chi connectivity index (χ1v) is 12.8. The van der Waals surface area contributed by atoms with E-state index in [0.29, 0.717) is 25.1 Å². The van der Waals surface area contributed by atoms with Crippen molar-refractivity contribution in [2.24, 2.45) is 5.41 Å². The second kappa shape index (κ2) is 15.8. The summed E-state index contributed by atoms with van der Waals surface area (Å²) < 4.78 is 21.7. The van der Waals surface area contributed by atoms with E-state index in [-0.39, 0.29) is 61.8 Å². The predicted octanol–water partition coefficient (Wildman–Crippen LogP) is 0.480. The van der Waals surface area contributed by atoms with Gasteiger partial charge in [-0.25, -0.2) is 0 Å². The van der Waals surface area contributed by atoms with Gasteiger partial charge in [-0.15, -0.1) is 0 Å². The molecule has 12 nitrogen and oxygen atoms in total. The van der Waals surface area contributed by atoms with E-state index >= 15 is 0 Å². The summed E-state index contributed by atoms with van der Waals surface area (Å²) in [6, 6.07) is 0. The standard InChI is InChI=1S/C23H39N3O9S/c1-16(27)24-11-6-10-23(33-5)34-15-22(2,3)20(35-23)21(31)26-12-9-17(28)25-13-14-36-19(30)8-7-18(29)32-4/h20H,6-15H2,1-5H3,(H,24,27)(H,25,28)(H,26,31)/t20-,23?/m0/s1. The van der Waals surface area contributed by atoms with Crippen LogP contribution in [0.2, 0.25) is 0 Å². The lowest BCUT2D eigenvalue weighted by Crippen LogP contribution is -2.59. The van der Waals surface area contributed by atoms with Gasteiger partial charge in [-0.2, -0.15) is 0 Å². The number of carbonyl (C=O) groups is 5. The minimum absolute atomic E-state index is 0.0323. The highest BCUT2D eigenvalue weighted by atomic mass is 32.2. The lowest BCUT2D eigenvalue weighted by molar-refractivity contribution is -0.425. The second-order valence-electron chi connectivity index (χ2n) is 8.94. The third kappa shape index (κ3) is 11.7. The van der Waals surface area contributed by atoms with Crippen LogP contribution in [0.15, 0.2) is 0 Å². The molecule has 1 fully saturated rings. The molecule has 1 rings (SSSR count). The van der Waals surface area contributed by atoms with Crippen LogP contribution < -0.4 is 16.0 Å². The second-order valence-corrected chi connectivity index (χ2v) is 10.1. The van der Waals surface area contributed by atoms with Gasteiger partial charge in [0.1, 0.15) is 6.10 Å². The Morgan fingerprint density at radius 1 is 0.972 bits per heavy atom. The van der Waals surface area contributed by atoms with Gasteiger partial charge in [0.15, 0.2) is 5.12 Å². The summed E-state index contributed by atoms with van der Waals surface area (Å²) in [6.45, 7) is 6.13. The molecule has 1 aliphatic heterocycles. The van der Waals surface area contributed by atoms with Crippen LogP contribution >= 0.6 is 11.8 Å². The van der Waals surface area contributed by atoms with Crippen molar-refractivity contribution in [2.45, 2.75) is 65.0 Å². The van der Waals surface area contributed by atoms with Crippen molar-refractivity contribution in [3.8, 4) is 0 Å². The van der Waals surface area contributed by atoms with Crippen LogP contribution in [-0.4, -0.2) is 87.1 Å². The fraction of sp³-hybridized carbons (Fsp3) is 0.783. The summed E-state index contributed by atoms with van der Waals surface area (Å²) in [6.07, 6.45) is 0.143. The lowest BCUT2D eigenvalue weighted by Gasteiger charge is -2.46. The largest absolute Gasteiger partial charge is 0.469 e. The number of hydrogen-bond acceptors (Lipinski definition) is 10. The first-order valence-electron chi connectivity index (χ1n) is 11.8. The minimum Gasteiger partial charge on any atom is -0.469 e. The maximum absolute atomic E-state index is 12.9. The molecule has 36 heavy (non-hydrogen) atoms. The smallest absolute Gasteiger partial charge is 0.305 e. The van der Waals surface area contributed by atoms with Gasteiger partial charge >= 0.3 is 5.97 Å². The molecule has 0 aromatic heterocycles. The Morgan fingerprint density at radius 2 is 1.69 bits per heavy atom. The fourth-order valence-electron chi connectivity index (χ4n) is 3.28. The quantitative estimate of drug-likeness (QED) is 0.200. The molecule has 3 N–H and O–H groups in total. The zero-order chi connectivity index (χ0) is 27.2. The van der Waals surface area contributed by atoms with Crippen LogP contribution in [0.3, 0.4) is 0 Å². The molecule has 0 aromatic carbocycles. The lowest BCUT2D eigenvalue weighted by atomic mass is 9.85. The van der Waals surface area contributed by atoms with E-state index in [2.05, 4.69) is 20.7 Å². The van der Waals surface area contributed by atoms with Gasteiger partial charge in [0.05, 0.1) is 20.1 Å². The molecule has 0 radical (unpaired) electrons. The van der Waals surface area contributed by atoms with Crippen molar-refractivity contribution < 1.29 is 42.9 Å². The highest BCUT2D eigenvalue weighted by Crippen LogP contribution is 2.37. The molecular formula is C23H39N3O9S. The highest BCUT2D eigenvalue weighted by Gasteiger charge is 2.50. The van der Waals surface area contributed by atoms with E-state index < -0.39 is 23.5 Å². The number of thioether (sulfide) groups is 1. The number of carbonyl (C=O) groups excluding carboxylic acids is 5. The zero-order valence-corrected chi connectivity index (χ0v) is 22.5. The molecule has 3 amide bonds. The Labute approximate surface area is 216 Å². The van der Waals surface area contributed by atoms with Crippen LogP contribution in [-0.2, 0) is 42.9 Å². The molecule has 0 aliphatic carbocycles. The number of esters is 1. The van der Waals surface area contributed by atoms with Crippen molar-refractivity contribution >= 4 is 40.6 Å². The van der Waals surface area contributed by atoms with Gasteiger partial charge in [0.25, 0.3) is 5.97 Å². The predicted molar refractivity (Wildman–Crippen MR) is 132 cm³/mol. The maximum atomic E-state index is 12.9. The molecule has 1 unspecified atom stereocenters. The summed E-state index contributed by atoms with van der Waals surface area (Å²) >= 11 is 1.04. The number of hydrogen-bond donors (Lipinski definition) is 3. The Kier molecular flexibility index (Phi) is 14.0. The summed E-state index contributed by atoms with van der Waals surface area (Å²) in [4.78, 5) is 58.7. The van der Waals surface area contributed by atoms with Gasteiger partial charge in [-0.3, -0.25) is 24.0 Å². The zero-order valence-electron chi connectivity index (χ0n) is 21.7. The van der Waals surface area contributed by atoms with Gasteiger partial charge in [-0.1, -0.05) is 25.6 Å². The normalized spacial score (nSPS) is 20.8. The third-order valence-electron chi connectivity index (χ3n) is 5.35. The van der Waals surface area contributed by atoms with Crippen molar-refractivity contribution in [2.75, 3.05) is 46.2 Å². The van der Waals surface area contributed by atoms with Crippen molar-refractivity contribution in [1.29, 1.82) is 0 Å². The molecule has 0 saturated carbocycles. The SMILES string of the molecule is COC(=O)CCC(=O)SCCNC(=O)CCNC(=O)[C@@H]1OC(CCCNC(C)=O)(OC)OCC1(C)C. The third-order valence-corrected chi connectivity index (χ3v) is 6.29. The minimum atomic E-state index is -1.40. The molecule has 0 aromatic rings. The average molecular weight is 534 g/mol. The maximum Gasteiger partial charge on any atom is 0.305 e. The molecule has 0 bridgehead atoms. The van der Waals surface area contributed by atoms with E-state index in [9.17, 15) is 24.0 Å². The van der Waals surface area contributed by atoms with Crippen molar-refractivity contribution in [1.82, 2.24) is 16.0 Å². The van der Waals surface area contributed by atoms with Crippen LogP contribution in [0.5, 0.6) is 0 Å². The Balaban J connectivity index is 2.40. The van der Waals surface area contributed by atoms with E-state index in [1.54, 1.807) is 0 Å². The van der Waals surface area contributed by atoms with Crippen LogP contribution in [0.25, 0.3) is 0 Å². The summed E-state index contributed by atoms with van der Waals surface area (Å²) in [5.41, 5.74) is -0.635. The first kappa shape index (κ1) is 31.8. The Morgan fingerprint density at radius 3 is 2.33 bits per heavy atom. The number of rotatable bonds is 15. The summed E-state index contributed by atoms with van der Waals surface area (Å²) in [5, 5.41) is 7.96. The van der Waals surface area contributed by atoms with E-state index in [1.165, 1.54) is 21.1 Å². The number of methoxy groups -OCH3 is 2. The van der Waals surface area contributed by atoms with Crippen LogP contribution in [0.4, 0.5) is 0 Å². The number of ether oxygens (including phenoxy) is 4. The van der Waals surface area contributed by atoms with Crippen molar-refractivity contribution in [3.63, 3.8) is 0 Å². The van der Waals surface area contributed by atoms with E-state index in [4.69, 9.17) is 14.2 Å². The van der Waals surface area contributed by atoms with Crippen molar-refractivity contribution in [3.05, 3.63) is 0 Å². The topological polar surface area (TPSA) is 158 Å². The Hall–Kier alpha value is -2.22. The van der Waals surface area contributed by atoms with Gasteiger partial charge < -0.3 is 34.9 Å². The van der Waals surface area contributed by atoms with E-state index in [0.717, 1.165) is 11.8 Å². The molecule has 0 spiro atoms. The average Bonchev–Trinajstić information content (AvgIpc) is 2.83. The molecular weight excluding hydrogens is 494 g/mol. The fourth-order valence-corrected chi connectivity index (χ4v) is 3.95. The first-order chi connectivity index (χ1) is 16.9. The van der Waals surface area contributed by atoms with E-state index in [1.807, 2.05) is 13.8 Å². The highest BCUT2D eigenvalue weighted by molar-refractivity contribution is 8.13. The molecule has 2 atom stereocenters. The molecule has 1 saturated heterocycles. The summed E-state index contributed by atoms with van der Waals surface area (Å²) in [5.74, 6) is -2.26. The Bertz CT molecular complexity index is 778. The molecule has 206 valence electrons. The van der Waals surface area contributed by atoms with Crippen LogP contribution in [0.1, 0.15) is 52.9 Å². The van der Waals surface area contributed by atoms with Gasteiger partial charge in [0, 0.05) is 64.1 Å². The van der Waals surface area contributed by atoms with Crippen LogP contribution in [0, 0.1) is 5.41 Å². The summed E-state index contributed by atoms with van der Waals surface area (Å²) in [7, 11) is 2.70. The van der Waals surface area contributed by atoms with Gasteiger partial charge in [0.2, 0.25) is 17.7 Å². The molecule has 13 heteroatoms. The number of amides is 3.